The van der Waals surface area contributed by atoms with E-state index in [0.29, 0.717) is 15.1 Å². The van der Waals surface area contributed by atoms with Crippen LogP contribution in [0.1, 0.15) is 5.56 Å². The summed E-state index contributed by atoms with van der Waals surface area (Å²) < 4.78 is 29.5. The third-order valence-electron chi connectivity index (χ3n) is 2.78. The number of methoxy groups -OCH3 is 1. The van der Waals surface area contributed by atoms with Crippen molar-refractivity contribution in [2.24, 2.45) is 5.10 Å². The summed E-state index contributed by atoms with van der Waals surface area (Å²) in [6.45, 7) is 0. The van der Waals surface area contributed by atoms with Crippen molar-refractivity contribution in [3.8, 4) is 11.5 Å². The molecule has 2 N–H and O–H groups in total. The molecule has 0 aliphatic heterocycles. The van der Waals surface area contributed by atoms with Crippen LogP contribution in [0.3, 0.4) is 0 Å². The summed E-state index contributed by atoms with van der Waals surface area (Å²) in [4.78, 5) is 2.14. The number of nitrogens with one attached hydrogen (secondary N) is 1. The van der Waals surface area contributed by atoms with Gasteiger partial charge in [0.05, 0.1) is 22.7 Å². The smallest absolute Gasteiger partial charge is 0.276 e. The van der Waals surface area contributed by atoms with Crippen molar-refractivity contribution in [2.45, 2.75) is 4.90 Å². The van der Waals surface area contributed by atoms with E-state index in [1.807, 2.05) is 0 Å². The molecule has 122 valence electrons. The SMILES string of the molecule is COc1cc(/C=N\NS(=O)(=O)c2ccc(Cl)cc2)cc(Br)c1O. The van der Waals surface area contributed by atoms with Crippen LogP contribution in [0.5, 0.6) is 11.5 Å². The second kappa shape index (κ2) is 7.20. The fourth-order valence-corrected chi connectivity index (χ4v) is 3.04. The molecule has 9 heteroatoms. The highest BCUT2D eigenvalue weighted by atomic mass is 79.9. The molecule has 0 fully saturated rings. The van der Waals surface area contributed by atoms with E-state index in [0.717, 1.165) is 0 Å². The number of ether oxygens (including phenoxy) is 1. The molecule has 0 unspecified atom stereocenters. The molecule has 0 radical (unpaired) electrons. The Labute approximate surface area is 146 Å². The molecule has 0 aliphatic carbocycles. The fraction of sp³-hybridized carbons (Fsp3) is 0.0714. The van der Waals surface area contributed by atoms with Gasteiger partial charge in [-0.1, -0.05) is 11.6 Å². The molecule has 0 saturated heterocycles. The van der Waals surface area contributed by atoms with Gasteiger partial charge in [0.25, 0.3) is 10.0 Å². The zero-order chi connectivity index (χ0) is 17.0. The number of halogens is 2. The van der Waals surface area contributed by atoms with Gasteiger partial charge in [-0.25, -0.2) is 4.83 Å². The summed E-state index contributed by atoms with van der Waals surface area (Å²) in [5.74, 6) is 0.188. The van der Waals surface area contributed by atoms with Crippen molar-refractivity contribution in [3.05, 3.63) is 51.5 Å². The third kappa shape index (κ3) is 4.37. The molecule has 6 nitrogen and oxygen atoms in total. The molecule has 0 spiro atoms. The molecule has 23 heavy (non-hydrogen) atoms. The molecule has 0 heterocycles. The summed E-state index contributed by atoms with van der Waals surface area (Å²) in [6.07, 6.45) is 1.29. The third-order valence-corrected chi connectivity index (χ3v) is 4.88. The quantitative estimate of drug-likeness (QED) is 0.576. The second-order valence-electron chi connectivity index (χ2n) is 4.36. The van der Waals surface area contributed by atoms with Crippen molar-refractivity contribution < 1.29 is 18.3 Å². The number of hydrazone groups is 1. The molecule has 2 aromatic rings. The van der Waals surface area contributed by atoms with E-state index in [-0.39, 0.29) is 16.4 Å². The van der Waals surface area contributed by atoms with Gasteiger partial charge >= 0.3 is 0 Å². The molecule has 0 aliphatic rings. The molecule has 0 bridgehead atoms. The number of benzene rings is 2. The Morgan fingerprint density at radius 3 is 2.57 bits per heavy atom. The lowest BCUT2D eigenvalue weighted by atomic mass is 10.2. The zero-order valence-corrected chi connectivity index (χ0v) is 15.0. The van der Waals surface area contributed by atoms with Gasteiger partial charge in [-0.3, -0.25) is 0 Å². The first-order chi connectivity index (χ1) is 10.8. The maximum absolute atomic E-state index is 12.0. The van der Waals surface area contributed by atoms with Crippen molar-refractivity contribution >= 4 is 43.8 Å². The average molecular weight is 420 g/mol. The molecule has 2 aromatic carbocycles. The van der Waals surface area contributed by atoms with Crippen molar-refractivity contribution in [1.29, 1.82) is 0 Å². The summed E-state index contributed by atoms with van der Waals surface area (Å²) in [6, 6.07) is 8.78. The van der Waals surface area contributed by atoms with Crippen molar-refractivity contribution in [1.82, 2.24) is 4.83 Å². The highest BCUT2D eigenvalue weighted by Crippen LogP contribution is 2.34. The Morgan fingerprint density at radius 2 is 1.96 bits per heavy atom. The molecular formula is C14H12BrClN2O4S. The summed E-state index contributed by atoms with van der Waals surface area (Å²) >= 11 is 8.89. The predicted octanol–water partition coefficient (Wildman–Crippen LogP) is 3.13. The lowest BCUT2D eigenvalue weighted by Gasteiger charge is -2.06. The van der Waals surface area contributed by atoms with Crippen molar-refractivity contribution in [2.75, 3.05) is 7.11 Å². The Morgan fingerprint density at radius 1 is 1.30 bits per heavy atom. The molecule has 0 saturated carbocycles. The van der Waals surface area contributed by atoms with Gasteiger partial charge in [0.15, 0.2) is 11.5 Å². The number of aromatic hydroxyl groups is 1. The predicted molar refractivity (Wildman–Crippen MR) is 91.7 cm³/mol. The molecule has 2 rings (SSSR count). The highest BCUT2D eigenvalue weighted by molar-refractivity contribution is 9.10. The summed E-state index contributed by atoms with van der Waals surface area (Å²) in [5, 5.41) is 13.9. The first-order valence-electron chi connectivity index (χ1n) is 6.20. The van der Waals surface area contributed by atoms with E-state index < -0.39 is 10.0 Å². The number of phenols is 1. The monoisotopic (exact) mass is 418 g/mol. The van der Waals surface area contributed by atoms with E-state index >= 15 is 0 Å². The molecule has 0 atom stereocenters. The average Bonchev–Trinajstić information content (AvgIpc) is 2.51. The summed E-state index contributed by atoms with van der Waals surface area (Å²) in [7, 11) is -2.37. The Bertz CT molecular complexity index is 839. The van der Waals surface area contributed by atoms with Crippen LogP contribution in [0, 0.1) is 0 Å². The van der Waals surface area contributed by atoms with Crippen LogP contribution < -0.4 is 9.57 Å². The molecule has 0 aromatic heterocycles. The van der Waals surface area contributed by atoms with Gasteiger partial charge < -0.3 is 9.84 Å². The first-order valence-corrected chi connectivity index (χ1v) is 8.86. The highest BCUT2D eigenvalue weighted by Gasteiger charge is 2.12. The van der Waals surface area contributed by atoms with Gasteiger partial charge in [-0.15, -0.1) is 0 Å². The van der Waals surface area contributed by atoms with Crippen LogP contribution >= 0.6 is 27.5 Å². The Kier molecular flexibility index (Phi) is 5.51. The van der Waals surface area contributed by atoms with Crippen LogP contribution in [0.4, 0.5) is 0 Å². The maximum Gasteiger partial charge on any atom is 0.276 e. The lowest BCUT2D eigenvalue weighted by Crippen LogP contribution is -2.18. The van der Waals surface area contributed by atoms with E-state index in [1.54, 1.807) is 6.07 Å². The number of sulfonamides is 1. The number of hydrogen-bond donors (Lipinski definition) is 2. The maximum atomic E-state index is 12.0. The van der Waals surface area contributed by atoms with Gasteiger partial charge in [0.2, 0.25) is 0 Å². The number of rotatable bonds is 5. The van der Waals surface area contributed by atoms with E-state index in [4.69, 9.17) is 16.3 Å². The van der Waals surface area contributed by atoms with Gasteiger partial charge in [-0.05, 0) is 57.9 Å². The number of hydrogen-bond acceptors (Lipinski definition) is 5. The van der Waals surface area contributed by atoms with Crippen LogP contribution in [0.2, 0.25) is 5.02 Å². The Balaban J connectivity index is 2.18. The summed E-state index contributed by atoms with van der Waals surface area (Å²) in [5.41, 5.74) is 0.533. The minimum Gasteiger partial charge on any atom is -0.503 e. The minimum absolute atomic E-state index is 0.0449. The van der Waals surface area contributed by atoms with Crippen LogP contribution in [0.25, 0.3) is 0 Å². The van der Waals surface area contributed by atoms with Crippen LogP contribution in [-0.4, -0.2) is 26.8 Å². The number of nitrogens with zero attached hydrogens (tertiary/aromatic N) is 1. The zero-order valence-electron chi connectivity index (χ0n) is 11.8. The number of phenolic OH excluding ortho intramolecular Hbond substituents is 1. The first kappa shape index (κ1) is 17.6. The standard InChI is InChI=1S/C14H12BrClN2O4S/c1-22-13-7-9(6-12(15)14(13)19)8-17-18-23(20,21)11-4-2-10(16)3-5-11/h2-8,18-19H,1H3/b17-8-. The largest absolute Gasteiger partial charge is 0.503 e. The van der Waals surface area contributed by atoms with E-state index in [9.17, 15) is 13.5 Å². The van der Waals surface area contributed by atoms with Crippen LogP contribution in [-0.2, 0) is 10.0 Å². The topological polar surface area (TPSA) is 88.0 Å². The van der Waals surface area contributed by atoms with Gasteiger partial charge in [0.1, 0.15) is 0 Å². The molecular weight excluding hydrogens is 408 g/mol. The van der Waals surface area contributed by atoms with Crippen LogP contribution in [0.15, 0.2) is 50.9 Å². The minimum atomic E-state index is -3.78. The van der Waals surface area contributed by atoms with E-state index in [1.165, 1.54) is 43.7 Å². The van der Waals surface area contributed by atoms with Crippen molar-refractivity contribution in [3.63, 3.8) is 0 Å². The van der Waals surface area contributed by atoms with E-state index in [2.05, 4.69) is 25.9 Å². The van der Waals surface area contributed by atoms with Gasteiger partial charge in [0, 0.05) is 5.02 Å². The fourth-order valence-electron chi connectivity index (χ4n) is 1.66. The normalized spacial score (nSPS) is 11.6. The second-order valence-corrected chi connectivity index (χ2v) is 7.31. The molecule has 0 amide bonds. The van der Waals surface area contributed by atoms with Gasteiger partial charge in [-0.2, -0.15) is 13.5 Å². The Hall–Kier alpha value is -1.77. The lowest BCUT2D eigenvalue weighted by molar-refractivity contribution is 0.372.